The maximum atomic E-state index is 4.47. The third kappa shape index (κ3) is 2.46. The Labute approximate surface area is 135 Å². The summed E-state index contributed by atoms with van der Waals surface area (Å²) in [7, 11) is 0. The van der Waals surface area contributed by atoms with E-state index < -0.39 is 0 Å². The van der Waals surface area contributed by atoms with E-state index in [-0.39, 0.29) is 0 Å². The maximum absolute atomic E-state index is 4.47. The van der Waals surface area contributed by atoms with Crippen LogP contribution in [0, 0.1) is 12.8 Å². The zero-order valence-corrected chi connectivity index (χ0v) is 13.7. The van der Waals surface area contributed by atoms with E-state index in [0.29, 0.717) is 17.6 Å². The lowest BCUT2D eigenvalue weighted by Crippen LogP contribution is -2.49. The third-order valence-electron chi connectivity index (χ3n) is 4.36. The van der Waals surface area contributed by atoms with E-state index >= 15 is 0 Å². The fourth-order valence-corrected chi connectivity index (χ4v) is 3.26. The van der Waals surface area contributed by atoms with Crippen LogP contribution >= 0.6 is 0 Å². The minimum atomic E-state index is 0.457. The fourth-order valence-electron chi connectivity index (χ4n) is 3.26. The van der Waals surface area contributed by atoms with Crippen LogP contribution in [0.2, 0.25) is 0 Å². The Hall–Kier alpha value is -2.44. The average Bonchev–Trinajstić information content (AvgIpc) is 3.09. The standard InChI is InChI=1S/C16H21N7/c1-11(2)15-17-4-5-21(15)7-13-8-22(9-13)14-6-12(3)20-16-18-10-19-23(14)16/h4-6,10-11,13H,7-9H2,1-3H3. The summed E-state index contributed by atoms with van der Waals surface area (Å²) in [6, 6.07) is 2.08. The van der Waals surface area contributed by atoms with Crippen LogP contribution < -0.4 is 4.90 Å². The molecular formula is C16H21N7. The molecule has 1 saturated heterocycles. The first-order valence-electron chi connectivity index (χ1n) is 8.05. The molecule has 3 aromatic rings. The Bertz CT molecular complexity index is 826. The molecule has 3 aromatic heterocycles. The minimum absolute atomic E-state index is 0.457. The zero-order chi connectivity index (χ0) is 16.0. The first-order valence-corrected chi connectivity index (χ1v) is 8.05. The molecular weight excluding hydrogens is 290 g/mol. The number of nitrogens with zero attached hydrogens (tertiary/aromatic N) is 7. The quantitative estimate of drug-likeness (QED) is 0.736. The average molecular weight is 311 g/mol. The minimum Gasteiger partial charge on any atom is -0.356 e. The Balaban J connectivity index is 1.49. The SMILES string of the molecule is Cc1cc(N2CC(Cn3ccnc3C(C)C)C2)n2ncnc2n1. The number of rotatable bonds is 4. The van der Waals surface area contributed by atoms with E-state index in [1.807, 2.05) is 17.6 Å². The normalized spacial score (nSPS) is 15.6. The Kier molecular flexibility index (Phi) is 3.28. The van der Waals surface area contributed by atoms with Gasteiger partial charge in [-0.3, -0.25) is 0 Å². The van der Waals surface area contributed by atoms with Crippen molar-refractivity contribution >= 4 is 11.6 Å². The number of aryl methyl sites for hydroxylation is 1. The molecule has 0 aliphatic carbocycles. The van der Waals surface area contributed by atoms with E-state index in [1.54, 1.807) is 6.33 Å². The summed E-state index contributed by atoms with van der Waals surface area (Å²) >= 11 is 0. The van der Waals surface area contributed by atoms with Gasteiger partial charge in [0.15, 0.2) is 0 Å². The molecule has 0 spiro atoms. The van der Waals surface area contributed by atoms with Gasteiger partial charge in [0.05, 0.1) is 0 Å². The predicted octanol–water partition coefficient (Wildman–Crippen LogP) is 1.89. The molecule has 0 amide bonds. The molecule has 0 bridgehead atoms. The van der Waals surface area contributed by atoms with Gasteiger partial charge in [-0.1, -0.05) is 13.8 Å². The molecule has 23 heavy (non-hydrogen) atoms. The molecule has 0 aromatic carbocycles. The van der Waals surface area contributed by atoms with Gasteiger partial charge in [0.1, 0.15) is 18.0 Å². The highest BCUT2D eigenvalue weighted by Crippen LogP contribution is 2.27. The van der Waals surface area contributed by atoms with Crippen LogP contribution in [0.3, 0.4) is 0 Å². The Morgan fingerprint density at radius 3 is 2.87 bits per heavy atom. The number of hydrogen-bond donors (Lipinski definition) is 0. The zero-order valence-electron chi connectivity index (χ0n) is 13.7. The predicted molar refractivity (Wildman–Crippen MR) is 87.5 cm³/mol. The smallest absolute Gasteiger partial charge is 0.254 e. The Morgan fingerprint density at radius 1 is 1.26 bits per heavy atom. The lowest BCUT2D eigenvalue weighted by atomic mass is 9.99. The van der Waals surface area contributed by atoms with Crippen molar-refractivity contribution in [1.29, 1.82) is 0 Å². The second-order valence-electron chi connectivity index (χ2n) is 6.59. The first kappa shape index (κ1) is 14.2. The van der Waals surface area contributed by atoms with Crippen molar-refractivity contribution in [1.82, 2.24) is 29.1 Å². The molecule has 1 aliphatic heterocycles. The van der Waals surface area contributed by atoms with Gasteiger partial charge in [0, 0.05) is 55.6 Å². The van der Waals surface area contributed by atoms with Gasteiger partial charge in [-0.2, -0.15) is 14.6 Å². The summed E-state index contributed by atoms with van der Waals surface area (Å²) in [6.07, 6.45) is 5.55. The summed E-state index contributed by atoms with van der Waals surface area (Å²) in [4.78, 5) is 15.4. The summed E-state index contributed by atoms with van der Waals surface area (Å²) < 4.78 is 4.11. The van der Waals surface area contributed by atoms with Crippen molar-refractivity contribution in [3.8, 4) is 0 Å². The molecule has 120 valence electrons. The van der Waals surface area contributed by atoms with Crippen LogP contribution in [0.4, 0.5) is 5.82 Å². The largest absolute Gasteiger partial charge is 0.356 e. The molecule has 1 fully saturated rings. The summed E-state index contributed by atoms with van der Waals surface area (Å²) in [5.74, 6) is 4.01. The Morgan fingerprint density at radius 2 is 2.09 bits per heavy atom. The molecule has 0 radical (unpaired) electrons. The number of hydrogen-bond acceptors (Lipinski definition) is 5. The highest BCUT2D eigenvalue weighted by molar-refractivity contribution is 5.49. The van der Waals surface area contributed by atoms with Gasteiger partial charge in [-0.25, -0.2) is 9.97 Å². The van der Waals surface area contributed by atoms with E-state index in [9.17, 15) is 0 Å². The molecule has 1 aliphatic rings. The fraction of sp³-hybridized carbons (Fsp3) is 0.500. The van der Waals surface area contributed by atoms with Crippen molar-refractivity contribution in [3.63, 3.8) is 0 Å². The number of fused-ring (bicyclic) bond motifs is 1. The number of anilines is 1. The monoisotopic (exact) mass is 311 g/mol. The highest BCUT2D eigenvalue weighted by Gasteiger charge is 2.30. The first-order chi connectivity index (χ1) is 11.1. The number of aromatic nitrogens is 6. The van der Waals surface area contributed by atoms with Gasteiger partial charge < -0.3 is 9.47 Å². The number of imidazole rings is 1. The molecule has 0 N–H and O–H groups in total. The van der Waals surface area contributed by atoms with E-state index in [0.717, 1.165) is 31.1 Å². The van der Waals surface area contributed by atoms with Crippen molar-refractivity contribution in [3.05, 3.63) is 36.3 Å². The molecule has 0 saturated carbocycles. The summed E-state index contributed by atoms with van der Waals surface area (Å²) in [5, 5.41) is 4.29. The van der Waals surface area contributed by atoms with Crippen LogP contribution in [0.25, 0.3) is 5.78 Å². The molecule has 7 nitrogen and oxygen atoms in total. The third-order valence-corrected chi connectivity index (χ3v) is 4.36. The molecule has 4 heterocycles. The van der Waals surface area contributed by atoms with E-state index in [2.05, 4.69) is 55.6 Å². The molecule has 0 atom stereocenters. The van der Waals surface area contributed by atoms with Crippen LogP contribution in [0.5, 0.6) is 0 Å². The topological polar surface area (TPSA) is 64.1 Å². The van der Waals surface area contributed by atoms with Gasteiger partial charge in [0.2, 0.25) is 0 Å². The van der Waals surface area contributed by atoms with Crippen LogP contribution in [0.15, 0.2) is 24.8 Å². The lowest BCUT2D eigenvalue weighted by molar-refractivity contribution is 0.347. The highest BCUT2D eigenvalue weighted by atomic mass is 15.4. The van der Waals surface area contributed by atoms with Gasteiger partial charge in [0.25, 0.3) is 5.78 Å². The molecule has 0 unspecified atom stereocenters. The van der Waals surface area contributed by atoms with Gasteiger partial charge in [-0.15, -0.1) is 0 Å². The second-order valence-corrected chi connectivity index (χ2v) is 6.59. The second kappa shape index (κ2) is 5.33. The van der Waals surface area contributed by atoms with Crippen molar-refractivity contribution in [2.75, 3.05) is 18.0 Å². The lowest BCUT2D eigenvalue weighted by Gasteiger charge is -2.41. The van der Waals surface area contributed by atoms with Crippen LogP contribution in [-0.4, -0.2) is 42.2 Å². The molecule has 7 heteroatoms. The molecule has 4 rings (SSSR count). The van der Waals surface area contributed by atoms with Crippen LogP contribution in [0.1, 0.15) is 31.3 Å². The van der Waals surface area contributed by atoms with E-state index in [1.165, 1.54) is 5.82 Å². The van der Waals surface area contributed by atoms with Crippen LogP contribution in [-0.2, 0) is 6.54 Å². The maximum Gasteiger partial charge on any atom is 0.254 e. The summed E-state index contributed by atoms with van der Waals surface area (Å²) in [5.41, 5.74) is 0.973. The van der Waals surface area contributed by atoms with E-state index in [4.69, 9.17) is 0 Å². The van der Waals surface area contributed by atoms with Gasteiger partial charge >= 0.3 is 0 Å². The van der Waals surface area contributed by atoms with Crippen molar-refractivity contribution < 1.29 is 0 Å². The van der Waals surface area contributed by atoms with Crippen molar-refractivity contribution in [2.24, 2.45) is 5.92 Å². The van der Waals surface area contributed by atoms with Crippen molar-refractivity contribution in [2.45, 2.75) is 33.2 Å². The summed E-state index contributed by atoms with van der Waals surface area (Å²) in [6.45, 7) is 9.44. The van der Waals surface area contributed by atoms with Gasteiger partial charge in [-0.05, 0) is 6.92 Å².